The molecule has 3 heteroatoms. The van der Waals surface area contributed by atoms with Crippen LogP contribution in [-0.4, -0.2) is 16.4 Å². The van der Waals surface area contributed by atoms with Gasteiger partial charge in [0.25, 0.3) is 0 Å². The predicted octanol–water partition coefficient (Wildman–Crippen LogP) is 3.47. The Morgan fingerprint density at radius 2 is 2.10 bits per heavy atom. The fourth-order valence-corrected chi connectivity index (χ4v) is 3.59. The average Bonchev–Trinajstić information content (AvgIpc) is 2.79. The van der Waals surface area contributed by atoms with Gasteiger partial charge in [0.1, 0.15) is 0 Å². The molecule has 1 aromatic carbocycles. The van der Waals surface area contributed by atoms with Crippen LogP contribution in [0.4, 0.5) is 0 Å². The summed E-state index contributed by atoms with van der Waals surface area (Å²) in [7, 11) is 0. The maximum atomic E-state index is 11.8. The molecule has 1 aliphatic heterocycles. The molecule has 0 aliphatic carbocycles. The average molecular weight is 282 g/mol. The maximum absolute atomic E-state index is 11.8. The Bertz CT molecular complexity index is 660. The molecule has 1 atom stereocenters. The smallest absolute Gasteiger partial charge is 0.220 e. The van der Waals surface area contributed by atoms with Crippen LogP contribution < -0.4 is 5.32 Å². The largest absolute Gasteiger partial charge is 0.350 e. The van der Waals surface area contributed by atoms with Crippen molar-refractivity contribution in [2.45, 2.75) is 45.1 Å². The van der Waals surface area contributed by atoms with Crippen LogP contribution in [0.5, 0.6) is 0 Å². The molecule has 3 rings (SSSR count). The van der Waals surface area contributed by atoms with Gasteiger partial charge in [0.2, 0.25) is 5.91 Å². The lowest BCUT2D eigenvalue weighted by molar-refractivity contribution is -0.119. The van der Waals surface area contributed by atoms with Crippen molar-refractivity contribution in [1.29, 1.82) is 0 Å². The quantitative estimate of drug-likeness (QED) is 0.933. The van der Waals surface area contributed by atoms with Crippen LogP contribution in [0.25, 0.3) is 10.9 Å². The molecule has 3 nitrogen and oxygen atoms in total. The summed E-state index contributed by atoms with van der Waals surface area (Å²) in [5.41, 5.74) is 2.19. The van der Waals surface area contributed by atoms with Gasteiger partial charge in [0.05, 0.1) is 5.52 Å². The molecule has 1 amide bonds. The minimum atomic E-state index is -0.100. The molecule has 1 N–H and O–H groups in total. The number of aromatic nitrogens is 1. The first kappa shape index (κ1) is 14.1. The summed E-state index contributed by atoms with van der Waals surface area (Å²) < 4.78 is 0. The molecule has 110 valence electrons. The van der Waals surface area contributed by atoms with Gasteiger partial charge in [0, 0.05) is 23.5 Å². The zero-order chi connectivity index (χ0) is 14.9. The topological polar surface area (TPSA) is 42.0 Å². The van der Waals surface area contributed by atoms with Crippen molar-refractivity contribution in [1.82, 2.24) is 10.3 Å². The summed E-state index contributed by atoms with van der Waals surface area (Å²) >= 11 is 0. The highest BCUT2D eigenvalue weighted by molar-refractivity contribution is 5.82. The number of benzene rings is 1. The molecule has 0 bridgehead atoms. The number of amides is 1. The lowest BCUT2D eigenvalue weighted by atomic mass is 9.81. The number of para-hydroxylation sites is 1. The van der Waals surface area contributed by atoms with Crippen molar-refractivity contribution in [3.63, 3.8) is 0 Å². The highest BCUT2D eigenvalue weighted by Gasteiger charge is 2.38. The van der Waals surface area contributed by atoms with Crippen LogP contribution >= 0.6 is 0 Å². The monoisotopic (exact) mass is 282 g/mol. The zero-order valence-electron chi connectivity index (χ0n) is 12.7. The molecule has 1 unspecified atom stereocenters. The molecular weight excluding hydrogens is 260 g/mol. The number of hydrogen-bond acceptors (Lipinski definition) is 2. The molecule has 0 saturated carbocycles. The van der Waals surface area contributed by atoms with Gasteiger partial charge in [-0.25, -0.2) is 0 Å². The Kier molecular flexibility index (Phi) is 3.66. The number of hydrogen-bond donors (Lipinski definition) is 1. The minimum absolute atomic E-state index is 0.100. The molecule has 2 aromatic rings. The van der Waals surface area contributed by atoms with E-state index in [4.69, 9.17) is 0 Å². The number of pyridine rings is 1. The third-order valence-electron chi connectivity index (χ3n) is 4.28. The molecule has 2 heterocycles. The molecule has 0 radical (unpaired) electrons. The highest BCUT2D eigenvalue weighted by Crippen LogP contribution is 2.32. The number of rotatable bonds is 4. The van der Waals surface area contributed by atoms with Crippen molar-refractivity contribution in [2.75, 3.05) is 0 Å². The van der Waals surface area contributed by atoms with Crippen LogP contribution in [0.1, 0.15) is 38.7 Å². The first-order chi connectivity index (χ1) is 10.1. The fourth-order valence-electron chi connectivity index (χ4n) is 3.59. The zero-order valence-corrected chi connectivity index (χ0v) is 12.7. The summed E-state index contributed by atoms with van der Waals surface area (Å²) in [5, 5.41) is 4.41. The standard InChI is InChI=1S/C18H22N2O/c1-13(2)11-18(9-8-16(21)20-18)12-15-6-3-5-14-7-4-10-19-17(14)15/h3-7,10,13H,8-9,11-12H2,1-2H3,(H,20,21). The molecular formula is C18H22N2O. The van der Waals surface area contributed by atoms with E-state index in [0.29, 0.717) is 12.3 Å². The Morgan fingerprint density at radius 1 is 1.29 bits per heavy atom. The summed E-state index contributed by atoms with van der Waals surface area (Å²) in [6.45, 7) is 4.43. The number of nitrogens with one attached hydrogen (secondary N) is 1. The second kappa shape index (κ2) is 5.47. The van der Waals surface area contributed by atoms with Gasteiger partial charge in [0.15, 0.2) is 0 Å². The van der Waals surface area contributed by atoms with Crippen molar-refractivity contribution < 1.29 is 4.79 Å². The van der Waals surface area contributed by atoms with E-state index in [1.54, 1.807) is 0 Å². The molecule has 1 aliphatic rings. The van der Waals surface area contributed by atoms with Crippen molar-refractivity contribution in [3.05, 3.63) is 42.1 Å². The third kappa shape index (κ3) is 2.92. The van der Waals surface area contributed by atoms with Gasteiger partial charge in [-0.2, -0.15) is 0 Å². The van der Waals surface area contributed by atoms with E-state index in [2.05, 4.69) is 48.4 Å². The molecule has 0 spiro atoms. The molecule has 1 aromatic heterocycles. The fraction of sp³-hybridized carbons (Fsp3) is 0.444. The van der Waals surface area contributed by atoms with E-state index in [0.717, 1.165) is 24.8 Å². The van der Waals surface area contributed by atoms with Crippen LogP contribution in [0.3, 0.4) is 0 Å². The third-order valence-corrected chi connectivity index (χ3v) is 4.28. The summed E-state index contributed by atoms with van der Waals surface area (Å²) in [6, 6.07) is 10.4. The second-order valence-corrected chi connectivity index (χ2v) is 6.60. The Labute approximate surface area is 125 Å². The van der Waals surface area contributed by atoms with E-state index in [1.807, 2.05) is 12.3 Å². The number of nitrogens with zero attached hydrogens (tertiary/aromatic N) is 1. The summed E-state index contributed by atoms with van der Waals surface area (Å²) in [4.78, 5) is 16.3. The first-order valence-electron chi connectivity index (χ1n) is 7.72. The van der Waals surface area contributed by atoms with Gasteiger partial charge in [-0.15, -0.1) is 0 Å². The van der Waals surface area contributed by atoms with Crippen LogP contribution in [0.2, 0.25) is 0 Å². The van der Waals surface area contributed by atoms with E-state index in [9.17, 15) is 4.79 Å². The van der Waals surface area contributed by atoms with Gasteiger partial charge in [-0.1, -0.05) is 38.1 Å². The summed E-state index contributed by atoms with van der Waals surface area (Å²) in [5.74, 6) is 0.746. The number of fused-ring (bicyclic) bond motifs is 1. The molecule has 1 fully saturated rings. The van der Waals surface area contributed by atoms with Crippen LogP contribution in [0.15, 0.2) is 36.5 Å². The highest BCUT2D eigenvalue weighted by atomic mass is 16.2. The molecule has 21 heavy (non-hydrogen) atoms. The molecule has 1 saturated heterocycles. The normalized spacial score (nSPS) is 22.0. The lowest BCUT2D eigenvalue weighted by Gasteiger charge is -2.31. The van der Waals surface area contributed by atoms with Crippen molar-refractivity contribution >= 4 is 16.8 Å². The van der Waals surface area contributed by atoms with Gasteiger partial charge >= 0.3 is 0 Å². The maximum Gasteiger partial charge on any atom is 0.220 e. The van der Waals surface area contributed by atoms with Crippen LogP contribution in [-0.2, 0) is 11.2 Å². The van der Waals surface area contributed by atoms with E-state index < -0.39 is 0 Å². The SMILES string of the molecule is CC(C)CC1(Cc2cccc3cccnc23)CCC(=O)N1. The number of carbonyl (C=O) groups excluding carboxylic acids is 1. The second-order valence-electron chi connectivity index (χ2n) is 6.60. The van der Waals surface area contributed by atoms with Crippen LogP contribution in [0, 0.1) is 5.92 Å². The van der Waals surface area contributed by atoms with Crippen molar-refractivity contribution in [3.8, 4) is 0 Å². The Morgan fingerprint density at radius 3 is 2.81 bits per heavy atom. The van der Waals surface area contributed by atoms with E-state index >= 15 is 0 Å². The van der Waals surface area contributed by atoms with Gasteiger partial charge in [-0.3, -0.25) is 9.78 Å². The summed E-state index contributed by atoms with van der Waals surface area (Å²) in [6.07, 6.45) is 5.29. The number of carbonyl (C=O) groups is 1. The van der Waals surface area contributed by atoms with Crippen molar-refractivity contribution in [2.24, 2.45) is 5.92 Å². The van der Waals surface area contributed by atoms with Gasteiger partial charge in [-0.05, 0) is 36.8 Å². The Balaban J connectivity index is 1.96. The Hall–Kier alpha value is -1.90. The van der Waals surface area contributed by atoms with Gasteiger partial charge < -0.3 is 5.32 Å². The van der Waals surface area contributed by atoms with E-state index in [-0.39, 0.29) is 11.4 Å². The predicted molar refractivity (Wildman–Crippen MR) is 85.0 cm³/mol. The lowest BCUT2D eigenvalue weighted by Crippen LogP contribution is -2.44. The minimum Gasteiger partial charge on any atom is -0.350 e. The van der Waals surface area contributed by atoms with E-state index in [1.165, 1.54) is 10.9 Å². The first-order valence-corrected chi connectivity index (χ1v) is 7.72.